The maximum atomic E-state index is 13.5. The van der Waals surface area contributed by atoms with Gasteiger partial charge in [-0.15, -0.1) is 0 Å². The highest BCUT2D eigenvalue weighted by Gasteiger charge is 2.38. The molecular weight excluding hydrogens is 456 g/mol. The molecule has 2 heterocycles. The number of rotatable bonds is 6. The second-order valence-electron chi connectivity index (χ2n) is 8.79. The largest absolute Gasteiger partial charge is 0.487 e. The van der Waals surface area contributed by atoms with E-state index in [0.717, 1.165) is 5.56 Å². The molecule has 0 fully saturated rings. The number of aliphatic hydroxyl groups excluding tert-OH is 2. The molecule has 0 bridgehead atoms. The predicted octanol–water partition coefficient (Wildman–Crippen LogP) is 1.11. The van der Waals surface area contributed by atoms with E-state index in [1.54, 1.807) is 38.4 Å². The minimum Gasteiger partial charge on any atom is -0.487 e. The molecule has 9 nitrogen and oxygen atoms in total. The van der Waals surface area contributed by atoms with Crippen molar-refractivity contribution in [3.05, 3.63) is 48.0 Å². The van der Waals surface area contributed by atoms with Crippen molar-refractivity contribution in [1.82, 2.24) is 19.2 Å². The number of aliphatic hydroxyl groups is 2. The minimum absolute atomic E-state index is 0.0337. The molecule has 1 aliphatic rings. The highest BCUT2D eigenvalue weighted by atomic mass is 32.2. The zero-order chi connectivity index (χ0) is 24.9. The van der Waals surface area contributed by atoms with E-state index in [1.807, 2.05) is 14.0 Å². The van der Waals surface area contributed by atoms with Crippen molar-refractivity contribution in [3.8, 4) is 17.6 Å². The predicted molar refractivity (Wildman–Crippen MR) is 127 cm³/mol. The lowest BCUT2D eigenvalue weighted by Gasteiger charge is -2.37. The summed E-state index contributed by atoms with van der Waals surface area (Å²) in [6, 6.07) is 4.08. The standard InChI is InChI=1S/C24H32N4O5S/c1-17-12-28(18(2)15-29)34(31,32)24-8-7-20(6-5-19(3)30)9-22(24)33-23(17)14-27(4)13-21-10-25-16-26-11-21/h7-11,16-19,23,29-30H,12-15H2,1-4H3/t17-,18-,19+,23-/m0/s1. The van der Waals surface area contributed by atoms with Crippen LogP contribution in [0.3, 0.4) is 0 Å². The Labute approximate surface area is 201 Å². The normalized spacial score (nSPS) is 21.9. The Kier molecular flexibility index (Phi) is 8.62. The van der Waals surface area contributed by atoms with Crippen molar-refractivity contribution < 1.29 is 23.4 Å². The van der Waals surface area contributed by atoms with Crippen LogP contribution in [0.2, 0.25) is 0 Å². The molecular formula is C24H32N4O5S. The summed E-state index contributed by atoms with van der Waals surface area (Å²) in [5.41, 5.74) is 1.50. The average Bonchev–Trinajstić information content (AvgIpc) is 2.80. The van der Waals surface area contributed by atoms with Gasteiger partial charge < -0.3 is 14.9 Å². The molecule has 10 heteroatoms. The number of hydrogen-bond acceptors (Lipinski definition) is 8. The summed E-state index contributed by atoms with van der Waals surface area (Å²) in [4.78, 5) is 10.2. The van der Waals surface area contributed by atoms with Crippen molar-refractivity contribution in [3.63, 3.8) is 0 Å². The summed E-state index contributed by atoms with van der Waals surface area (Å²) in [6.45, 7) is 6.24. The molecule has 1 aromatic carbocycles. The number of benzene rings is 1. The number of hydrogen-bond donors (Lipinski definition) is 2. The molecule has 0 unspecified atom stereocenters. The number of aromatic nitrogens is 2. The first-order chi connectivity index (χ1) is 16.1. The number of nitrogens with zero attached hydrogens (tertiary/aromatic N) is 4. The number of ether oxygens (including phenoxy) is 1. The van der Waals surface area contributed by atoms with Gasteiger partial charge in [0.1, 0.15) is 29.2 Å². The molecule has 0 saturated carbocycles. The van der Waals surface area contributed by atoms with Crippen molar-refractivity contribution in [2.24, 2.45) is 5.92 Å². The van der Waals surface area contributed by atoms with Crippen LogP contribution in [0.15, 0.2) is 41.8 Å². The molecule has 3 rings (SSSR count). The molecule has 1 aromatic heterocycles. The van der Waals surface area contributed by atoms with Crippen LogP contribution < -0.4 is 4.74 Å². The maximum absolute atomic E-state index is 13.5. The monoisotopic (exact) mass is 488 g/mol. The summed E-state index contributed by atoms with van der Waals surface area (Å²) in [7, 11) is -1.96. The molecule has 0 saturated heterocycles. The van der Waals surface area contributed by atoms with Gasteiger partial charge in [-0.2, -0.15) is 4.31 Å². The Hall–Kier alpha value is -2.55. The Balaban J connectivity index is 1.99. The van der Waals surface area contributed by atoms with Gasteiger partial charge in [0.05, 0.1) is 6.61 Å². The van der Waals surface area contributed by atoms with Gasteiger partial charge in [-0.1, -0.05) is 18.8 Å². The van der Waals surface area contributed by atoms with Crippen LogP contribution in [0.5, 0.6) is 5.75 Å². The molecule has 0 spiro atoms. The van der Waals surface area contributed by atoms with E-state index in [4.69, 9.17) is 4.74 Å². The lowest BCUT2D eigenvalue weighted by Crippen LogP contribution is -2.49. The Morgan fingerprint density at radius 2 is 2.00 bits per heavy atom. The SMILES string of the molecule is C[C@@H](O)C#Cc1ccc2c(c1)O[C@@H](CN(C)Cc1cncnc1)[C@@H](C)CN([C@@H](C)CO)S2(=O)=O. The smallest absolute Gasteiger partial charge is 0.247 e. The molecule has 184 valence electrons. The highest BCUT2D eigenvalue weighted by molar-refractivity contribution is 7.89. The number of sulfonamides is 1. The van der Waals surface area contributed by atoms with Crippen molar-refractivity contribution in [1.29, 1.82) is 0 Å². The van der Waals surface area contributed by atoms with Crippen LogP contribution in [-0.2, 0) is 16.6 Å². The fraction of sp³-hybridized carbons (Fsp3) is 0.500. The van der Waals surface area contributed by atoms with E-state index in [1.165, 1.54) is 16.7 Å². The zero-order valence-electron chi connectivity index (χ0n) is 19.9. The van der Waals surface area contributed by atoms with Crippen molar-refractivity contribution in [2.45, 2.75) is 50.5 Å². The van der Waals surface area contributed by atoms with Crippen molar-refractivity contribution >= 4 is 10.0 Å². The van der Waals surface area contributed by atoms with Gasteiger partial charge in [0.2, 0.25) is 10.0 Å². The van der Waals surface area contributed by atoms with Crippen LogP contribution in [0.25, 0.3) is 0 Å². The Bertz CT molecular complexity index is 1130. The third-order valence-corrected chi connectivity index (χ3v) is 7.67. The molecule has 0 radical (unpaired) electrons. The lowest BCUT2D eigenvalue weighted by atomic mass is 10.0. The summed E-state index contributed by atoms with van der Waals surface area (Å²) in [6.07, 6.45) is 3.85. The van der Waals surface area contributed by atoms with E-state index in [-0.39, 0.29) is 35.8 Å². The van der Waals surface area contributed by atoms with Crippen LogP contribution in [-0.4, -0.2) is 82.8 Å². The lowest BCUT2D eigenvalue weighted by molar-refractivity contribution is 0.0733. The quantitative estimate of drug-likeness (QED) is 0.581. The fourth-order valence-electron chi connectivity index (χ4n) is 3.80. The number of fused-ring (bicyclic) bond motifs is 1. The maximum Gasteiger partial charge on any atom is 0.247 e. The summed E-state index contributed by atoms with van der Waals surface area (Å²) < 4.78 is 34.7. The summed E-state index contributed by atoms with van der Waals surface area (Å²) >= 11 is 0. The van der Waals surface area contributed by atoms with E-state index >= 15 is 0 Å². The van der Waals surface area contributed by atoms with Gasteiger partial charge >= 0.3 is 0 Å². The van der Waals surface area contributed by atoms with Crippen LogP contribution in [0, 0.1) is 17.8 Å². The van der Waals surface area contributed by atoms with Crippen LogP contribution in [0.4, 0.5) is 0 Å². The van der Waals surface area contributed by atoms with Crippen molar-refractivity contribution in [2.75, 3.05) is 26.7 Å². The molecule has 4 atom stereocenters. The van der Waals surface area contributed by atoms with Gasteiger partial charge in [0.15, 0.2) is 0 Å². The Morgan fingerprint density at radius 1 is 1.29 bits per heavy atom. The minimum atomic E-state index is -3.91. The molecule has 2 aromatic rings. The third kappa shape index (κ3) is 6.31. The fourth-order valence-corrected chi connectivity index (χ4v) is 5.63. The third-order valence-electron chi connectivity index (χ3n) is 5.65. The average molecular weight is 489 g/mol. The van der Waals surface area contributed by atoms with Crippen LogP contribution in [0.1, 0.15) is 31.9 Å². The molecule has 2 N–H and O–H groups in total. The summed E-state index contributed by atoms with van der Waals surface area (Å²) in [5.74, 6) is 5.56. The highest BCUT2D eigenvalue weighted by Crippen LogP contribution is 2.34. The molecule has 34 heavy (non-hydrogen) atoms. The second-order valence-corrected chi connectivity index (χ2v) is 10.6. The first-order valence-electron chi connectivity index (χ1n) is 11.2. The van der Waals surface area contributed by atoms with Gasteiger partial charge in [-0.3, -0.25) is 4.90 Å². The number of likely N-dealkylation sites (N-methyl/N-ethyl adjacent to an activating group) is 1. The van der Waals surface area contributed by atoms with E-state index in [0.29, 0.717) is 18.7 Å². The molecule has 0 amide bonds. The summed E-state index contributed by atoms with van der Waals surface area (Å²) in [5, 5.41) is 19.2. The first kappa shape index (κ1) is 26.1. The van der Waals surface area contributed by atoms with Gasteiger partial charge in [0.25, 0.3) is 0 Å². The topological polar surface area (TPSA) is 116 Å². The van der Waals surface area contributed by atoms with Gasteiger partial charge in [0, 0.05) is 55.1 Å². The van der Waals surface area contributed by atoms with Gasteiger partial charge in [-0.05, 0) is 39.1 Å². The molecule has 1 aliphatic heterocycles. The zero-order valence-corrected chi connectivity index (χ0v) is 20.7. The van der Waals surface area contributed by atoms with E-state index < -0.39 is 22.2 Å². The van der Waals surface area contributed by atoms with E-state index in [2.05, 4.69) is 26.7 Å². The van der Waals surface area contributed by atoms with Gasteiger partial charge in [-0.25, -0.2) is 18.4 Å². The Morgan fingerprint density at radius 3 is 2.65 bits per heavy atom. The second kappa shape index (κ2) is 11.3. The molecule has 0 aliphatic carbocycles. The first-order valence-corrected chi connectivity index (χ1v) is 12.6. The van der Waals surface area contributed by atoms with E-state index in [9.17, 15) is 18.6 Å². The van der Waals surface area contributed by atoms with Crippen LogP contribution >= 0.6 is 0 Å².